The van der Waals surface area contributed by atoms with Gasteiger partial charge in [0, 0.05) is 15.7 Å². The maximum atomic E-state index is 5.92. The third-order valence-electron chi connectivity index (χ3n) is 3.83. The summed E-state index contributed by atoms with van der Waals surface area (Å²) in [5.41, 5.74) is 3.54. The molecule has 0 bridgehead atoms. The second kappa shape index (κ2) is 7.05. The van der Waals surface area contributed by atoms with Crippen molar-refractivity contribution >= 4 is 21.6 Å². The van der Waals surface area contributed by atoms with Crippen LogP contribution in [-0.4, -0.2) is 0 Å². The van der Waals surface area contributed by atoms with Crippen molar-refractivity contribution in [1.82, 2.24) is 0 Å². The summed E-state index contributed by atoms with van der Waals surface area (Å²) in [6.07, 6.45) is 0. The van der Waals surface area contributed by atoms with Crippen LogP contribution in [0.3, 0.4) is 0 Å². The van der Waals surface area contributed by atoms with E-state index < -0.39 is 0 Å². The topological polar surface area (TPSA) is 25.2 Å². The number of furan rings is 1. The molecule has 0 atom stereocenters. The van der Waals surface area contributed by atoms with E-state index in [4.69, 9.17) is 4.42 Å². The Hall–Kier alpha value is -2.00. The molecule has 0 fully saturated rings. The highest BCUT2D eigenvalue weighted by molar-refractivity contribution is 9.10. The van der Waals surface area contributed by atoms with E-state index in [0.717, 1.165) is 27.2 Å². The normalized spacial score (nSPS) is 11.0. The molecule has 3 aromatic rings. The van der Waals surface area contributed by atoms with E-state index in [9.17, 15) is 0 Å². The van der Waals surface area contributed by atoms with Crippen molar-refractivity contribution < 1.29 is 4.42 Å². The zero-order valence-electron chi connectivity index (χ0n) is 13.3. The molecule has 0 aliphatic carbocycles. The van der Waals surface area contributed by atoms with Crippen molar-refractivity contribution in [3.8, 4) is 11.3 Å². The van der Waals surface area contributed by atoms with Gasteiger partial charge in [-0.3, -0.25) is 0 Å². The summed E-state index contributed by atoms with van der Waals surface area (Å²) in [7, 11) is 0. The molecule has 1 heterocycles. The lowest BCUT2D eigenvalue weighted by molar-refractivity contribution is 0.531. The number of hydrogen-bond acceptors (Lipinski definition) is 2. The van der Waals surface area contributed by atoms with E-state index in [1.54, 1.807) is 0 Å². The van der Waals surface area contributed by atoms with Gasteiger partial charge in [0.25, 0.3) is 0 Å². The van der Waals surface area contributed by atoms with Crippen molar-refractivity contribution in [3.05, 3.63) is 76.5 Å². The molecule has 0 aliphatic heterocycles. The maximum absolute atomic E-state index is 5.92. The average molecular weight is 370 g/mol. The Morgan fingerprint density at radius 1 is 0.913 bits per heavy atom. The van der Waals surface area contributed by atoms with E-state index in [1.165, 1.54) is 5.56 Å². The van der Waals surface area contributed by atoms with Gasteiger partial charge in [-0.2, -0.15) is 0 Å². The summed E-state index contributed by atoms with van der Waals surface area (Å²) in [6.45, 7) is 5.08. The van der Waals surface area contributed by atoms with Crippen LogP contribution in [0.15, 0.2) is 69.6 Å². The first-order valence-electron chi connectivity index (χ1n) is 7.80. The fourth-order valence-corrected chi connectivity index (χ4v) is 2.68. The van der Waals surface area contributed by atoms with E-state index in [-0.39, 0.29) is 0 Å². The number of anilines is 1. The quantitative estimate of drug-likeness (QED) is 0.559. The summed E-state index contributed by atoms with van der Waals surface area (Å²) >= 11 is 3.45. The summed E-state index contributed by atoms with van der Waals surface area (Å²) in [5.74, 6) is 2.38. The minimum atomic E-state index is 0.558. The highest BCUT2D eigenvalue weighted by Crippen LogP contribution is 2.24. The van der Waals surface area contributed by atoms with Crippen LogP contribution in [0.1, 0.15) is 31.1 Å². The third kappa shape index (κ3) is 4.05. The fourth-order valence-electron chi connectivity index (χ4n) is 2.42. The summed E-state index contributed by atoms with van der Waals surface area (Å²) in [6, 6.07) is 20.7. The fraction of sp³-hybridized carbons (Fsp3) is 0.200. The van der Waals surface area contributed by atoms with Crippen LogP contribution in [0, 0.1) is 0 Å². The van der Waals surface area contributed by atoms with Crippen LogP contribution < -0.4 is 5.32 Å². The van der Waals surface area contributed by atoms with E-state index in [1.807, 2.05) is 36.4 Å². The van der Waals surface area contributed by atoms with Gasteiger partial charge in [-0.05, 0) is 47.9 Å². The van der Waals surface area contributed by atoms with E-state index in [0.29, 0.717) is 12.5 Å². The minimum absolute atomic E-state index is 0.558. The first kappa shape index (κ1) is 15.9. The van der Waals surface area contributed by atoms with Crippen LogP contribution in [-0.2, 0) is 6.54 Å². The molecule has 23 heavy (non-hydrogen) atoms. The predicted octanol–water partition coefficient (Wildman–Crippen LogP) is 6.44. The second-order valence-corrected chi connectivity index (χ2v) is 6.82. The van der Waals surface area contributed by atoms with Gasteiger partial charge in [0.05, 0.1) is 6.54 Å². The van der Waals surface area contributed by atoms with Gasteiger partial charge in [0.2, 0.25) is 0 Å². The van der Waals surface area contributed by atoms with Gasteiger partial charge >= 0.3 is 0 Å². The molecule has 3 heteroatoms. The van der Waals surface area contributed by atoms with Crippen LogP contribution in [0.4, 0.5) is 5.69 Å². The minimum Gasteiger partial charge on any atom is -0.459 e. The zero-order chi connectivity index (χ0) is 16.2. The van der Waals surface area contributed by atoms with Crippen LogP contribution in [0.2, 0.25) is 0 Å². The van der Waals surface area contributed by atoms with Gasteiger partial charge in [0.1, 0.15) is 11.5 Å². The molecule has 1 aromatic heterocycles. The molecular weight excluding hydrogens is 350 g/mol. The van der Waals surface area contributed by atoms with E-state index in [2.05, 4.69) is 59.4 Å². The molecule has 0 amide bonds. The predicted molar refractivity (Wildman–Crippen MR) is 99.7 cm³/mol. The molecule has 0 aliphatic rings. The average Bonchev–Trinajstić information content (AvgIpc) is 3.03. The number of halogens is 1. The van der Waals surface area contributed by atoms with Crippen molar-refractivity contribution in [1.29, 1.82) is 0 Å². The largest absolute Gasteiger partial charge is 0.459 e. The summed E-state index contributed by atoms with van der Waals surface area (Å²) in [5, 5.41) is 3.40. The molecule has 0 radical (unpaired) electrons. The zero-order valence-corrected chi connectivity index (χ0v) is 14.9. The number of nitrogens with one attached hydrogen (secondary N) is 1. The first-order chi connectivity index (χ1) is 11.1. The number of rotatable bonds is 5. The highest BCUT2D eigenvalue weighted by Gasteiger charge is 2.05. The summed E-state index contributed by atoms with van der Waals surface area (Å²) in [4.78, 5) is 0. The van der Waals surface area contributed by atoms with Crippen LogP contribution >= 0.6 is 15.9 Å². The monoisotopic (exact) mass is 369 g/mol. The Labute approximate surface area is 145 Å². The number of benzene rings is 2. The number of hydrogen-bond donors (Lipinski definition) is 1. The second-order valence-electron chi connectivity index (χ2n) is 5.90. The Kier molecular flexibility index (Phi) is 4.87. The lowest BCUT2D eigenvalue weighted by Gasteiger charge is -2.08. The molecule has 3 rings (SSSR count). The molecule has 2 nitrogen and oxygen atoms in total. The maximum Gasteiger partial charge on any atom is 0.134 e. The Morgan fingerprint density at radius 2 is 1.61 bits per heavy atom. The smallest absolute Gasteiger partial charge is 0.134 e. The van der Waals surface area contributed by atoms with Gasteiger partial charge in [0.15, 0.2) is 0 Å². The SMILES string of the molecule is CC(C)c1ccc(NCc2ccc(-c3ccc(Br)cc3)o2)cc1. The summed E-state index contributed by atoms with van der Waals surface area (Å²) < 4.78 is 6.98. The van der Waals surface area contributed by atoms with Gasteiger partial charge < -0.3 is 9.73 Å². The Morgan fingerprint density at radius 3 is 2.26 bits per heavy atom. The molecule has 0 saturated heterocycles. The first-order valence-corrected chi connectivity index (χ1v) is 8.59. The molecule has 0 spiro atoms. The van der Waals surface area contributed by atoms with Gasteiger partial charge in [-0.15, -0.1) is 0 Å². The standard InChI is InChI=1S/C20H20BrNO/c1-14(2)15-5-9-18(10-6-15)22-13-19-11-12-20(23-19)16-3-7-17(21)8-4-16/h3-12,14,22H,13H2,1-2H3. The molecule has 1 N–H and O–H groups in total. The van der Waals surface area contributed by atoms with E-state index >= 15 is 0 Å². The lowest BCUT2D eigenvalue weighted by atomic mass is 10.0. The molecule has 118 valence electrons. The highest BCUT2D eigenvalue weighted by atomic mass is 79.9. The molecule has 0 unspecified atom stereocenters. The van der Waals surface area contributed by atoms with Gasteiger partial charge in [-0.25, -0.2) is 0 Å². The molecule has 2 aromatic carbocycles. The van der Waals surface area contributed by atoms with Crippen molar-refractivity contribution in [2.24, 2.45) is 0 Å². The molecule has 0 saturated carbocycles. The Bertz CT molecular complexity index is 757. The van der Waals surface area contributed by atoms with Crippen molar-refractivity contribution in [2.45, 2.75) is 26.3 Å². The van der Waals surface area contributed by atoms with Crippen LogP contribution in [0.5, 0.6) is 0 Å². The van der Waals surface area contributed by atoms with Crippen LogP contribution in [0.25, 0.3) is 11.3 Å². The van der Waals surface area contributed by atoms with Gasteiger partial charge in [-0.1, -0.05) is 54.0 Å². The van der Waals surface area contributed by atoms with Crippen molar-refractivity contribution in [2.75, 3.05) is 5.32 Å². The third-order valence-corrected chi connectivity index (χ3v) is 4.36. The Balaban J connectivity index is 1.64. The lowest BCUT2D eigenvalue weighted by Crippen LogP contribution is -1.98. The molecular formula is C20H20BrNO. The van der Waals surface area contributed by atoms with Crippen molar-refractivity contribution in [3.63, 3.8) is 0 Å².